The van der Waals surface area contributed by atoms with E-state index in [1.165, 1.54) is 6.92 Å². The fourth-order valence-corrected chi connectivity index (χ4v) is 5.16. The summed E-state index contributed by atoms with van der Waals surface area (Å²) in [5, 5.41) is 10.0. The highest BCUT2D eigenvalue weighted by Crippen LogP contribution is 2.48. The van der Waals surface area contributed by atoms with Crippen molar-refractivity contribution in [3.63, 3.8) is 0 Å². The molecule has 1 amide bonds. The maximum atomic E-state index is 13.5. The third-order valence-corrected chi connectivity index (χ3v) is 6.96. The smallest absolute Gasteiger partial charge is 0.247 e. The van der Waals surface area contributed by atoms with Crippen LogP contribution < -0.4 is 10.3 Å². The molecule has 33 heavy (non-hydrogen) atoms. The predicted octanol–water partition coefficient (Wildman–Crippen LogP) is 5.26. The number of rotatable bonds is 5. The van der Waals surface area contributed by atoms with E-state index in [1.807, 2.05) is 42.5 Å². The summed E-state index contributed by atoms with van der Waals surface area (Å²) in [6.07, 6.45) is 0. The quantitative estimate of drug-likeness (QED) is 0.529. The third-order valence-electron chi connectivity index (χ3n) is 5.83. The number of para-hydroxylation sites is 1. The molecule has 0 aliphatic carbocycles. The van der Waals surface area contributed by atoms with Crippen molar-refractivity contribution >= 4 is 34.8 Å². The van der Waals surface area contributed by atoms with Crippen molar-refractivity contribution in [2.24, 2.45) is 10.3 Å². The van der Waals surface area contributed by atoms with E-state index in [0.29, 0.717) is 12.1 Å². The summed E-state index contributed by atoms with van der Waals surface area (Å²) in [4.78, 5) is 29.2. The molecule has 0 saturated heterocycles. The van der Waals surface area contributed by atoms with Gasteiger partial charge in [-0.15, -0.1) is 0 Å². The van der Waals surface area contributed by atoms with Crippen LogP contribution in [0.2, 0.25) is 0 Å². The Balaban J connectivity index is 1.42. The lowest BCUT2D eigenvalue weighted by molar-refractivity contribution is -0.118. The molecule has 3 aromatic carbocycles. The number of benzene rings is 3. The van der Waals surface area contributed by atoms with Crippen LogP contribution in [-0.2, 0) is 4.79 Å². The van der Waals surface area contributed by atoms with Crippen molar-refractivity contribution < 1.29 is 9.59 Å². The number of aryl methyl sites for hydroxylation is 1. The van der Waals surface area contributed by atoms with Gasteiger partial charge in [-0.25, -0.2) is 10.5 Å². The maximum absolute atomic E-state index is 13.5. The molecular weight excluding hydrogens is 434 g/mol. The number of hydrogen-bond donors (Lipinski definition) is 1. The summed E-state index contributed by atoms with van der Waals surface area (Å²) < 4.78 is 0. The lowest BCUT2D eigenvalue weighted by atomic mass is 10.0. The second-order valence-electron chi connectivity index (χ2n) is 8.00. The molecule has 0 aromatic heterocycles. The number of nitrogens with one attached hydrogen (secondary N) is 1. The van der Waals surface area contributed by atoms with Gasteiger partial charge < -0.3 is 0 Å². The first-order valence-electron chi connectivity index (χ1n) is 10.7. The van der Waals surface area contributed by atoms with Gasteiger partial charge in [-0.2, -0.15) is 5.11 Å². The number of fused-ring (bicyclic) bond motifs is 2. The monoisotopic (exact) mass is 457 g/mol. The van der Waals surface area contributed by atoms with E-state index in [0.717, 1.165) is 32.3 Å². The lowest BCUT2D eigenvalue weighted by Gasteiger charge is -2.32. The number of hydrogen-bond acceptors (Lipinski definition) is 7. The van der Waals surface area contributed by atoms with E-state index in [4.69, 9.17) is 0 Å². The Morgan fingerprint density at radius 1 is 1.03 bits per heavy atom. The second-order valence-corrected chi connectivity index (χ2v) is 9.09. The Kier molecular flexibility index (Phi) is 5.70. The number of amides is 1. The van der Waals surface area contributed by atoms with Gasteiger partial charge in [0.2, 0.25) is 5.91 Å². The summed E-state index contributed by atoms with van der Waals surface area (Å²) in [6.45, 7) is 4.15. The van der Waals surface area contributed by atoms with Crippen LogP contribution in [0.1, 0.15) is 34.5 Å². The molecule has 3 aromatic rings. The van der Waals surface area contributed by atoms with Gasteiger partial charge in [0.1, 0.15) is 6.04 Å². The van der Waals surface area contributed by atoms with E-state index in [-0.39, 0.29) is 24.3 Å². The topological polar surface area (TPSA) is 77.4 Å². The SMILES string of the molecule is CC(=O)c1ccc2c(c1)N(C(=O)CNN1N=NCC1c1ccccc1C)c1ccccc1S2. The first-order chi connectivity index (χ1) is 16.0. The molecule has 0 saturated carbocycles. The standard InChI is InChI=1S/C25H23N5O2S/c1-16-7-3-4-8-19(16)22-14-26-28-30(22)27-15-25(32)29-20-9-5-6-10-23(20)33-24-12-11-18(17(2)31)13-21(24)29/h3-13,22,27H,14-15H2,1-2H3. The average Bonchev–Trinajstić information content (AvgIpc) is 3.29. The zero-order valence-corrected chi connectivity index (χ0v) is 19.2. The van der Waals surface area contributed by atoms with Crippen molar-refractivity contribution in [2.75, 3.05) is 18.0 Å². The number of anilines is 2. The molecule has 0 fully saturated rings. The van der Waals surface area contributed by atoms with Crippen molar-refractivity contribution in [3.8, 4) is 0 Å². The summed E-state index contributed by atoms with van der Waals surface area (Å²) in [7, 11) is 0. The van der Waals surface area contributed by atoms with Crippen LogP contribution in [0.25, 0.3) is 0 Å². The Bertz CT molecular complexity index is 1280. The zero-order chi connectivity index (χ0) is 22.9. The summed E-state index contributed by atoms with van der Waals surface area (Å²) in [6, 6.07) is 21.3. The Morgan fingerprint density at radius 3 is 2.61 bits per heavy atom. The highest BCUT2D eigenvalue weighted by atomic mass is 32.2. The molecule has 0 bridgehead atoms. The molecule has 8 heteroatoms. The van der Waals surface area contributed by atoms with Crippen LogP contribution in [0.15, 0.2) is 86.9 Å². The Morgan fingerprint density at radius 2 is 1.79 bits per heavy atom. The lowest BCUT2D eigenvalue weighted by Crippen LogP contribution is -2.43. The molecule has 1 N–H and O–H groups in total. The van der Waals surface area contributed by atoms with Crippen LogP contribution in [-0.4, -0.2) is 29.9 Å². The van der Waals surface area contributed by atoms with Crippen molar-refractivity contribution in [1.29, 1.82) is 0 Å². The molecule has 1 atom stereocenters. The molecule has 0 radical (unpaired) electrons. The summed E-state index contributed by atoms with van der Waals surface area (Å²) in [5.41, 5.74) is 7.54. The molecule has 2 heterocycles. The largest absolute Gasteiger partial charge is 0.295 e. The van der Waals surface area contributed by atoms with Crippen molar-refractivity contribution in [3.05, 3.63) is 83.4 Å². The van der Waals surface area contributed by atoms with Crippen molar-refractivity contribution in [1.82, 2.24) is 10.5 Å². The molecule has 7 nitrogen and oxygen atoms in total. The van der Waals surface area contributed by atoms with Gasteiger partial charge in [-0.05, 0) is 49.2 Å². The zero-order valence-electron chi connectivity index (χ0n) is 18.4. The molecule has 1 unspecified atom stereocenters. The van der Waals surface area contributed by atoms with Crippen LogP contribution in [0.4, 0.5) is 11.4 Å². The van der Waals surface area contributed by atoms with Gasteiger partial charge in [-0.1, -0.05) is 59.4 Å². The first-order valence-corrected chi connectivity index (χ1v) is 11.5. The minimum Gasteiger partial charge on any atom is -0.295 e. The van der Waals surface area contributed by atoms with Crippen molar-refractivity contribution in [2.45, 2.75) is 29.7 Å². The Labute approximate surface area is 196 Å². The average molecular weight is 458 g/mol. The molecule has 166 valence electrons. The molecule has 2 aliphatic heterocycles. The Hall–Kier alpha value is -3.49. The molecular formula is C25H23N5O2S. The van der Waals surface area contributed by atoms with Crippen LogP contribution >= 0.6 is 11.8 Å². The van der Waals surface area contributed by atoms with E-state index in [9.17, 15) is 9.59 Å². The molecule has 5 rings (SSSR count). The highest BCUT2D eigenvalue weighted by Gasteiger charge is 2.31. The predicted molar refractivity (Wildman–Crippen MR) is 128 cm³/mol. The van der Waals surface area contributed by atoms with Crippen LogP contribution in [0, 0.1) is 6.92 Å². The maximum Gasteiger partial charge on any atom is 0.247 e. The first kappa shape index (κ1) is 21.4. The van der Waals surface area contributed by atoms with Crippen LogP contribution in [0.3, 0.4) is 0 Å². The fraction of sp³-hybridized carbons (Fsp3) is 0.200. The summed E-state index contributed by atoms with van der Waals surface area (Å²) >= 11 is 1.60. The molecule has 2 aliphatic rings. The summed E-state index contributed by atoms with van der Waals surface area (Å²) in [5.74, 6) is -0.180. The van der Waals surface area contributed by atoms with E-state index in [1.54, 1.807) is 33.9 Å². The van der Waals surface area contributed by atoms with E-state index in [2.05, 4.69) is 34.8 Å². The third kappa shape index (κ3) is 4.03. The minimum atomic E-state index is -0.143. The van der Waals surface area contributed by atoms with Gasteiger partial charge in [0.25, 0.3) is 0 Å². The minimum absolute atomic E-state index is 0.0319. The van der Waals surface area contributed by atoms with E-state index >= 15 is 0 Å². The highest BCUT2D eigenvalue weighted by molar-refractivity contribution is 7.99. The number of carbonyl (C=O) groups excluding carboxylic acids is 2. The van der Waals surface area contributed by atoms with Gasteiger partial charge in [-0.3, -0.25) is 14.5 Å². The van der Waals surface area contributed by atoms with Crippen LogP contribution in [0.5, 0.6) is 0 Å². The van der Waals surface area contributed by atoms with Gasteiger partial charge in [0.05, 0.1) is 24.5 Å². The normalized spacial score (nSPS) is 16.5. The second kappa shape index (κ2) is 8.80. The number of nitrogens with zero attached hydrogens (tertiary/aromatic N) is 4. The van der Waals surface area contributed by atoms with Gasteiger partial charge >= 0.3 is 0 Å². The number of ketones is 1. The number of hydrazine groups is 1. The number of carbonyl (C=O) groups is 2. The molecule has 0 spiro atoms. The number of Topliss-reactive ketones (excluding diaryl/α,β-unsaturated/α-hetero) is 1. The van der Waals surface area contributed by atoms with E-state index < -0.39 is 0 Å². The van der Waals surface area contributed by atoms with Gasteiger partial charge in [0.15, 0.2) is 5.78 Å². The fourth-order valence-electron chi connectivity index (χ4n) is 4.12. The van der Waals surface area contributed by atoms with Gasteiger partial charge in [0, 0.05) is 15.4 Å².